The molecule has 1 unspecified atom stereocenters. The van der Waals surface area contributed by atoms with Crippen LogP contribution in [0.25, 0.3) is 0 Å². The molecule has 15 heavy (non-hydrogen) atoms. The molecule has 1 rings (SSSR count). The Morgan fingerprint density at radius 3 is 2.33 bits per heavy atom. The van der Waals surface area contributed by atoms with Crippen LogP contribution in [0.15, 0.2) is 11.4 Å². The van der Waals surface area contributed by atoms with Crippen LogP contribution in [0.2, 0.25) is 0 Å². The number of carbonyl (C=O) groups excluding carboxylic acids is 1. The summed E-state index contributed by atoms with van der Waals surface area (Å²) in [5, 5.41) is 1.56. The number of hydrogen-bond acceptors (Lipinski definition) is 3. The van der Waals surface area contributed by atoms with Gasteiger partial charge in [-0.2, -0.15) is 13.2 Å². The summed E-state index contributed by atoms with van der Waals surface area (Å²) in [6.45, 7) is 2.27. The van der Waals surface area contributed by atoms with Crippen molar-refractivity contribution in [2.75, 3.05) is 0 Å². The minimum absolute atomic E-state index is 0.0670. The average Bonchev–Trinajstić information content (AvgIpc) is 2.48. The molecule has 0 amide bonds. The second-order valence-electron chi connectivity index (χ2n) is 3.46. The summed E-state index contributed by atoms with van der Waals surface area (Å²) in [4.78, 5) is 11.6. The number of Topliss-reactive ketones (excluding diaryl/α,β-unsaturated/α-hetero) is 1. The van der Waals surface area contributed by atoms with Crippen molar-refractivity contribution in [3.8, 4) is 0 Å². The van der Waals surface area contributed by atoms with Crippen molar-refractivity contribution in [3.05, 3.63) is 21.9 Å². The Kier molecular flexibility index (Phi) is 2.93. The van der Waals surface area contributed by atoms with Crippen LogP contribution in [0.5, 0.6) is 0 Å². The molecule has 2 nitrogen and oxygen atoms in total. The maximum Gasteiger partial charge on any atom is 0.413 e. The van der Waals surface area contributed by atoms with Crippen molar-refractivity contribution in [3.63, 3.8) is 0 Å². The Bertz CT molecular complexity index is 381. The van der Waals surface area contributed by atoms with Crippen molar-refractivity contribution in [1.82, 2.24) is 0 Å². The summed E-state index contributed by atoms with van der Waals surface area (Å²) in [6.07, 6.45) is -4.74. The Hall–Kier alpha value is -0.880. The molecule has 0 aliphatic carbocycles. The summed E-state index contributed by atoms with van der Waals surface area (Å²) in [6, 6.07) is 1.59. The van der Waals surface area contributed by atoms with Gasteiger partial charge in [-0.25, -0.2) is 0 Å². The van der Waals surface area contributed by atoms with E-state index < -0.39 is 17.5 Å². The second kappa shape index (κ2) is 3.61. The summed E-state index contributed by atoms with van der Waals surface area (Å²) >= 11 is 0.971. The van der Waals surface area contributed by atoms with Gasteiger partial charge >= 0.3 is 6.18 Å². The number of rotatable bonds is 2. The molecule has 1 aromatic rings. The lowest BCUT2D eigenvalue weighted by molar-refractivity contribution is -0.165. The quantitative estimate of drug-likeness (QED) is 0.803. The summed E-state index contributed by atoms with van der Waals surface area (Å²) in [7, 11) is 0. The van der Waals surface area contributed by atoms with E-state index in [1.165, 1.54) is 0 Å². The lowest BCUT2D eigenvalue weighted by Crippen LogP contribution is -2.57. The first-order chi connectivity index (χ1) is 6.68. The smallest absolute Gasteiger partial charge is 0.311 e. The van der Waals surface area contributed by atoms with Crippen LogP contribution in [0.4, 0.5) is 13.2 Å². The van der Waals surface area contributed by atoms with Crippen molar-refractivity contribution in [2.24, 2.45) is 5.73 Å². The van der Waals surface area contributed by atoms with Crippen molar-refractivity contribution >= 4 is 17.1 Å². The van der Waals surface area contributed by atoms with Gasteiger partial charge < -0.3 is 5.73 Å². The van der Waals surface area contributed by atoms with E-state index >= 15 is 0 Å². The Balaban J connectivity index is 3.11. The predicted molar refractivity (Wildman–Crippen MR) is 52.0 cm³/mol. The Morgan fingerprint density at radius 2 is 2.00 bits per heavy atom. The zero-order valence-electron chi connectivity index (χ0n) is 8.18. The number of carbonyl (C=O) groups is 1. The number of aryl methyl sites for hydroxylation is 1. The van der Waals surface area contributed by atoms with Gasteiger partial charge in [-0.3, -0.25) is 4.79 Å². The average molecular weight is 237 g/mol. The first-order valence-corrected chi connectivity index (χ1v) is 5.00. The molecule has 84 valence electrons. The van der Waals surface area contributed by atoms with Gasteiger partial charge in [0.2, 0.25) is 5.78 Å². The highest BCUT2D eigenvalue weighted by Gasteiger charge is 2.54. The van der Waals surface area contributed by atoms with Gasteiger partial charge in [0.1, 0.15) is 0 Å². The first kappa shape index (κ1) is 12.2. The maximum atomic E-state index is 12.5. The molecule has 1 heterocycles. The van der Waals surface area contributed by atoms with E-state index in [1.54, 1.807) is 18.4 Å². The van der Waals surface area contributed by atoms with Crippen LogP contribution in [0.1, 0.15) is 22.2 Å². The maximum absolute atomic E-state index is 12.5. The molecule has 0 aliphatic heterocycles. The van der Waals surface area contributed by atoms with E-state index in [0.29, 0.717) is 12.5 Å². The molecule has 0 radical (unpaired) electrons. The molecular formula is C9H10F3NOS. The molecule has 1 atom stereocenters. The van der Waals surface area contributed by atoms with E-state index in [9.17, 15) is 18.0 Å². The van der Waals surface area contributed by atoms with E-state index in [0.717, 1.165) is 11.3 Å². The number of hydrogen-bond donors (Lipinski definition) is 1. The summed E-state index contributed by atoms with van der Waals surface area (Å²) in [5.74, 6) is -1.08. The van der Waals surface area contributed by atoms with Crippen molar-refractivity contribution in [2.45, 2.75) is 25.6 Å². The largest absolute Gasteiger partial charge is 0.413 e. The summed E-state index contributed by atoms with van der Waals surface area (Å²) in [5.41, 5.74) is 2.73. The van der Waals surface area contributed by atoms with Crippen molar-refractivity contribution in [1.29, 1.82) is 0 Å². The highest BCUT2D eigenvalue weighted by atomic mass is 32.1. The number of halogens is 3. The van der Waals surface area contributed by atoms with Crippen LogP contribution in [-0.2, 0) is 0 Å². The Labute approximate surface area is 88.9 Å². The number of thiophene rings is 1. The van der Waals surface area contributed by atoms with Gasteiger partial charge in [0, 0.05) is 0 Å². The SMILES string of the molecule is Cc1ccsc1C(=O)C(C)(N)C(F)(F)F. The minimum atomic E-state index is -4.74. The molecule has 6 heteroatoms. The topological polar surface area (TPSA) is 43.1 Å². The first-order valence-electron chi connectivity index (χ1n) is 4.12. The zero-order chi connectivity index (χ0) is 11.9. The highest BCUT2D eigenvalue weighted by molar-refractivity contribution is 7.12. The van der Waals surface area contributed by atoms with Crippen LogP contribution in [-0.4, -0.2) is 17.5 Å². The molecule has 0 saturated heterocycles. The molecule has 0 aromatic carbocycles. The fraction of sp³-hybridized carbons (Fsp3) is 0.444. The van der Waals surface area contributed by atoms with E-state index in [-0.39, 0.29) is 4.88 Å². The zero-order valence-corrected chi connectivity index (χ0v) is 9.00. The second-order valence-corrected chi connectivity index (χ2v) is 4.38. The monoisotopic (exact) mass is 237 g/mol. The standard InChI is InChI=1S/C9H10F3NOS/c1-5-3-4-15-6(5)7(14)8(2,13)9(10,11)12/h3-4H,13H2,1-2H3. The third kappa shape index (κ3) is 2.05. The predicted octanol–water partition coefficient (Wildman–Crippen LogP) is 2.52. The molecule has 0 spiro atoms. The fourth-order valence-electron chi connectivity index (χ4n) is 0.970. The van der Waals surface area contributed by atoms with Gasteiger partial charge in [0.25, 0.3) is 0 Å². The third-order valence-electron chi connectivity index (χ3n) is 2.13. The lowest BCUT2D eigenvalue weighted by Gasteiger charge is -2.25. The molecule has 2 N–H and O–H groups in total. The van der Waals surface area contributed by atoms with Gasteiger partial charge in [-0.05, 0) is 30.9 Å². The van der Waals surface area contributed by atoms with Crippen LogP contribution < -0.4 is 5.73 Å². The number of ketones is 1. The number of nitrogens with two attached hydrogens (primary N) is 1. The normalized spacial score (nSPS) is 16.1. The molecule has 0 fully saturated rings. The minimum Gasteiger partial charge on any atom is -0.311 e. The molecule has 0 saturated carbocycles. The van der Waals surface area contributed by atoms with Gasteiger partial charge in [0.05, 0.1) is 4.88 Å². The van der Waals surface area contributed by atoms with Gasteiger partial charge in [-0.15, -0.1) is 11.3 Å². The van der Waals surface area contributed by atoms with E-state index in [2.05, 4.69) is 0 Å². The molecule has 0 aliphatic rings. The van der Waals surface area contributed by atoms with Crippen molar-refractivity contribution < 1.29 is 18.0 Å². The molecule has 1 aromatic heterocycles. The molecular weight excluding hydrogens is 227 g/mol. The number of alkyl halides is 3. The third-order valence-corrected chi connectivity index (χ3v) is 3.14. The van der Waals surface area contributed by atoms with Crippen LogP contribution in [0.3, 0.4) is 0 Å². The van der Waals surface area contributed by atoms with Gasteiger partial charge in [0.15, 0.2) is 5.54 Å². The van der Waals surface area contributed by atoms with E-state index in [4.69, 9.17) is 5.73 Å². The van der Waals surface area contributed by atoms with Gasteiger partial charge in [-0.1, -0.05) is 0 Å². The molecule has 0 bridgehead atoms. The fourth-order valence-corrected chi connectivity index (χ4v) is 1.95. The summed E-state index contributed by atoms with van der Waals surface area (Å²) < 4.78 is 37.4. The Morgan fingerprint density at radius 1 is 1.47 bits per heavy atom. The van der Waals surface area contributed by atoms with Crippen LogP contribution >= 0.6 is 11.3 Å². The highest BCUT2D eigenvalue weighted by Crippen LogP contribution is 2.32. The van der Waals surface area contributed by atoms with Crippen LogP contribution in [0, 0.1) is 6.92 Å². The lowest BCUT2D eigenvalue weighted by atomic mass is 9.94. The van der Waals surface area contributed by atoms with E-state index in [1.807, 2.05) is 0 Å².